The van der Waals surface area contributed by atoms with Gasteiger partial charge in [-0.25, -0.2) is 0 Å². The topological polar surface area (TPSA) is 80.3 Å². The number of methoxy groups -OCH3 is 2. The number of hydrogen-bond acceptors (Lipinski definition) is 7. The molecule has 0 saturated heterocycles. The minimum atomic E-state index is -4.15. The highest BCUT2D eigenvalue weighted by atomic mass is 79.9. The predicted molar refractivity (Wildman–Crippen MR) is 191 cm³/mol. The van der Waals surface area contributed by atoms with Crippen LogP contribution < -0.4 is 14.2 Å². The van der Waals surface area contributed by atoms with Crippen LogP contribution in [0.2, 0.25) is 10.0 Å². The molecule has 0 aromatic heterocycles. The Balaban J connectivity index is 1.59. The summed E-state index contributed by atoms with van der Waals surface area (Å²) in [5.41, 5.74) is 2.09. The minimum absolute atomic E-state index is 0.0163. The van der Waals surface area contributed by atoms with Crippen LogP contribution in [0, 0.1) is 6.92 Å². The smallest absolute Gasteiger partial charge is 0.297 e. The van der Waals surface area contributed by atoms with E-state index in [0.29, 0.717) is 16.0 Å². The lowest BCUT2D eigenvalue weighted by Gasteiger charge is -2.37. The fourth-order valence-corrected chi connectivity index (χ4v) is 7.39. The Hall–Kier alpha value is -3.57. The number of rotatable bonds is 14. The third-order valence-electron chi connectivity index (χ3n) is 7.63. The zero-order valence-electron chi connectivity index (χ0n) is 26.4. The van der Waals surface area contributed by atoms with E-state index in [9.17, 15) is 8.42 Å². The van der Waals surface area contributed by atoms with Crippen molar-refractivity contribution in [1.29, 1.82) is 0 Å². The van der Waals surface area contributed by atoms with E-state index in [4.69, 9.17) is 46.3 Å². The van der Waals surface area contributed by atoms with Gasteiger partial charge in [-0.2, -0.15) is 8.42 Å². The quantitative estimate of drug-likeness (QED) is 0.0823. The Morgan fingerprint density at radius 1 is 0.708 bits per heavy atom. The molecule has 0 amide bonds. The van der Waals surface area contributed by atoms with Crippen molar-refractivity contribution in [3.8, 4) is 17.2 Å². The lowest BCUT2D eigenvalue weighted by Crippen LogP contribution is -2.39. The van der Waals surface area contributed by atoms with E-state index in [2.05, 4.69) is 15.9 Å². The molecule has 0 aliphatic carbocycles. The van der Waals surface area contributed by atoms with Crippen molar-refractivity contribution in [1.82, 2.24) is 0 Å². The summed E-state index contributed by atoms with van der Waals surface area (Å²) in [5, 5.41) is 0.445. The molecule has 0 spiro atoms. The van der Waals surface area contributed by atoms with Gasteiger partial charge in [0.25, 0.3) is 10.1 Å². The maximum atomic E-state index is 13.3. The van der Waals surface area contributed by atoms with E-state index < -0.39 is 28.4 Å². The molecular weight excluding hydrogens is 739 g/mol. The van der Waals surface area contributed by atoms with Gasteiger partial charge in [0, 0.05) is 4.47 Å². The van der Waals surface area contributed by atoms with Gasteiger partial charge in [0.2, 0.25) is 0 Å². The Morgan fingerprint density at radius 3 is 1.71 bits per heavy atom. The SMILES string of the molecule is COc1ccc(C(OCC(COS(=O)(=O)c2ccc(C)cc2)Oc2c(Cl)cc(Br)cc2Cl)(c2ccccc2)c2ccc(OC)cc2)cc1. The summed E-state index contributed by atoms with van der Waals surface area (Å²) in [7, 11) is -0.951. The second kappa shape index (κ2) is 15.8. The van der Waals surface area contributed by atoms with E-state index in [0.717, 1.165) is 22.3 Å². The standard InChI is InChI=1S/C37H33BrCl2O7S/c1-25-9-19-33(20-10-25)48(41,42)46-24-32(47-36-34(39)21-29(38)22-35(36)40)23-45-37(26-7-5-4-6-8-26,27-11-15-30(43-2)16-12-27)28-13-17-31(44-3)18-14-28/h4-22,32H,23-24H2,1-3H3. The highest BCUT2D eigenvalue weighted by Gasteiger charge is 2.39. The summed E-state index contributed by atoms with van der Waals surface area (Å²) in [6, 6.07) is 34.5. The van der Waals surface area contributed by atoms with Gasteiger partial charge in [-0.3, -0.25) is 4.18 Å². The molecule has 5 aromatic carbocycles. The van der Waals surface area contributed by atoms with Crippen LogP contribution in [-0.2, 0) is 24.6 Å². The van der Waals surface area contributed by atoms with Crippen LogP contribution in [0.1, 0.15) is 22.3 Å². The molecule has 0 fully saturated rings. The zero-order valence-corrected chi connectivity index (χ0v) is 30.3. The van der Waals surface area contributed by atoms with Crippen molar-refractivity contribution in [2.45, 2.75) is 23.5 Å². The predicted octanol–water partition coefficient (Wildman–Crippen LogP) is 9.24. The average molecular weight is 773 g/mol. The summed E-state index contributed by atoms with van der Waals surface area (Å²) in [6.07, 6.45) is -0.999. The first-order valence-corrected chi connectivity index (χ1v) is 17.8. The molecule has 48 heavy (non-hydrogen) atoms. The van der Waals surface area contributed by atoms with Crippen molar-refractivity contribution in [2.24, 2.45) is 0 Å². The van der Waals surface area contributed by atoms with Crippen LogP contribution >= 0.6 is 39.1 Å². The molecular formula is C37H33BrCl2O7S. The van der Waals surface area contributed by atoms with Gasteiger partial charge >= 0.3 is 0 Å². The number of ether oxygens (including phenoxy) is 4. The van der Waals surface area contributed by atoms with Crippen LogP contribution in [0.4, 0.5) is 0 Å². The molecule has 5 aromatic rings. The second-order valence-corrected chi connectivity index (χ2v) is 14.2. The van der Waals surface area contributed by atoms with Gasteiger partial charge in [-0.1, -0.05) is 111 Å². The van der Waals surface area contributed by atoms with Crippen molar-refractivity contribution in [3.05, 3.63) is 152 Å². The van der Waals surface area contributed by atoms with Crippen molar-refractivity contribution >= 4 is 49.2 Å². The highest BCUT2D eigenvalue weighted by molar-refractivity contribution is 9.10. The molecule has 0 aliphatic rings. The Kier molecular flexibility index (Phi) is 11.7. The molecule has 0 saturated carbocycles. The van der Waals surface area contributed by atoms with Crippen LogP contribution in [0.5, 0.6) is 17.2 Å². The Labute approximate surface area is 299 Å². The van der Waals surface area contributed by atoms with Gasteiger partial charge in [0.05, 0.1) is 35.8 Å². The van der Waals surface area contributed by atoms with Gasteiger partial charge in [-0.05, 0) is 72.1 Å². The minimum Gasteiger partial charge on any atom is -0.497 e. The third-order valence-corrected chi connectivity index (χ3v) is 9.94. The summed E-state index contributed by atoms with van der Waals surface area (Å²) < 4.78 is 56.9. The molecule has 250 valence electrons. The summed E-state index contributed by atoms with van der Waals surface area (Å²) >= 11 is 16.5. The highest BCUT2D eigenvalue weighted by Crippen LogP contribution is 2.42. The van der Waals surface area contributed by atoms with Crippen LogP contribution in [-0.4, -0.2) is 42.0 Å². The first kappa shape index (κ1) is 35.7. The summed E-state index contributed by atoms with van der Waals surface area (Å²) in [6.45, 7) is 1.31. The van der Waals surface area contributed by atoms with Crippen molar-refractivity contribution < 1.29 is 31.5 Å². The second-order valence-electron chi connectivity index (χ2n) is 10.8. The zero-order chi connectivity index (χ0) is 34.3. The van der Waals surface area contributed by atoms with E-state index in [-0.39, 0.29) is 27.3 Å². The van der Waals surface area contributed by atoms with Crippen LogP contribution in [0.15, 0.2) is 125 Å². The molecule has 11 heteroatoms. The molecule has 1 atom stereocenters. The van der Waals surface area contributed by atoms with E-state index in [1.165, 1.54) is 12.1 Å². The normalized spacial score (nSPS) is 12.4. The fraction of sp³-hybridized carbons (Fsp3) is 0.189. The van der Waals surface area contributed by atoms with Crippen LogP contribution in [0.3, 0.4) is 0 Å². The Bertz CT molecular complexity index is 1850. The molecule has 1 unspecified atom stereocenters. The van der Waals surface area contributed by atoms with E-state index in [1.54, 1.807) is 38.5 Å². The number of benzene rings is 5. The maximum Gasteiger partial charge on any atom is 0.297 e. The van der Waals surface area contributed by atoms with Crippen molar-refractivity contribution in [3.63, 3.8) is 0 Å². The summed E-state index contributed by atoms with van der Waals surface area (Å²) in [5.74, 6) is 1.50. The number of hydrogen-bond donors (Lipinski definition) is 0. The van der Waals surface area contributed by atoms with Gasteiger partial charge < -0.3 is 18.9 Å². The first-order chi connectivity index (χ1) is 23.1. The monoisotopic (exact) mass is 770 g/mol. The molecule has 0 bridgehead atoms. The Morgan fingerprint density at radius 2 is 1.21 bits per heavy atom. The largest absolute Gasteiger partial charge is 0.497 e. The summed E-state index contributed by atoms with van der Waals surface area (Å²) in [4.78, 5) is 0.0163. The first-order valence-electron chi connectivity index (χ1n) is 14.8. The van der Waals surface area contributed by atoms with Crippen LogP contribution in [0.25, 0.3) is 0 Å². The molecule has 0 aliphatic heterocycles. The molecule has 0 radical (unpaired) electrons. The van der Waals surface area contributed by atoms with E-state index >= 15 is 0 Å². The molecule has 0 heterocycles. The van der Waals surface area contributed by atoms with Gasteiger partial charge in [0.15, 0.2) is 5.75 Å². The number of halogens is 3. The van der Waals surface area contributed by atoms with Crippen molar-refractivity contribution in [2.75, 3.05) is 27.4 Å². The van der Waals surface area contributed by atoms with E-state index in [1.807, 2.05) is 85.8 Å². The average Bonchev–Trinajstić information content (AvgIpc) is 3.09. The third kappa shape index (κ3) is 8.17. The molecule has 0 N–H and O–H groups in total. The fourth-order valence-electron chi connectivity index (χ4n) is 5.16. The number of aryl methyl sites for hydroxylation is 1. The molecule has 7 nitrogen and oxygen atoms in total. The van der Waals surface area contributed by atoms with Gasteiger partial charge in [-0.15, -0.1) is 0 Å². The molecule has 5 rings (SSSR count). The maximum absolute atomic E-state index is 13.3. The van der Waals surface area contributed by atoms with Gasteiger partial charge in [0.1, 0.15) is 29.8 Å². The lowest BCUT2D eigenvalue weighted by atomic mass is 9.80. The lowest BCUT2D eigenvalue weighted by molar-refractivity contribution is -0.0405.